The zero-order valence-corrected chi connectivity index (χ0v) is 19.2. The zero-order chi connectivity index (χ0) is 22.8. The molecule has 2 N–H and O–H groups in total. The van der Waals surface area contributed by atoms with Crippen molar-refractivity contribution in [2.45, 2.75) is 22.6 Å². The van der Waals surface area contributed by atoms with Gasteiger partial charge in [0.25, 0.3) is 15.9 Å². The molecular weight excluding hydrogens is 472 g/mol. The van der Waals surface area contributed by atoms with Crippen molar-refractivity contribution in [3.05, 3.63) is 65.7 Å². The number of anilines is 2. The van der Waals surface area contributed by atoms with Gasteiger partial charge in [-0.1, -0.05) is 0 Å². The highest BCUT2D eigenvalue weighted by Crippen LogP contribution is 2.22. The van der Waals surface area contributed by atoms with Crippen molar-refractivity contribution in [3.63, 3.8) is 0 Å². The third kappa shape index (κ3) is 4.83. The number of nitrogens with zero attached hydrogens (tertiary/aromatic N) is 2. The Morgan fingerprint density at radius 2 is 1.53 bits per heavy atom. The molecule has 1 aliphatic rings. The molecule has 2 heterocycles. The lowest BCUT2D eigenvalue weighted by atomic mass is 10.2. The topological polar surface area (TPSA) is 126 Å². The lowest BCUT2D eigenvalue weighted by Gasteiger charge is -2.15. The Morgan fingerprint density at radius 1 is 0.906 bits per heavy atom. The van der Waals surface area contributed by atoms with Crippen LogP contribution in [0.15, 0.2) is 69.9 Å². The van der Waals surface area contributed by atoms with E-state index in [2.05, 4.69) is 15.0 Å². The van der Waals surface area contributed by atoms with E-state index in [0.29, 0.717) is 18.8 Å². The van der Waals surface area contributed by atoms with E-state index in [1.165, 1.54) is 59.0 Å². The number of hydrogen-bond donors (Lipinski definition) is 2. The van der Waals surface area contributed by atoms with Crippen molar-refractivity contribution < 1.29 is 21.6 Å². The van der Waals surface area contributed by atoms with Gasteiger partial charge in [-0.05, 0) is 61.4 Å². The first kappa shape index (κ1) is 22.4. The summed E-state index contributed by atoms with van der Waals surface area (Å²) in [5.41, 5.74) is 0.685. The standard InChI is InChI=1S/C20H20N4O5S3/c25-19(15-3-7-18(8-4-15)32(28,29)24-12-1-2-13-24)22-16-5-9-17(10-6-16)31(26,27)23-20-21-11-14-30-20/h3-11,14H,1-2,12-13H2,(H,21,23)(H,22,25). The first-order chi connectivity index (χ1) is 15.3. The van der Waals surface area contributed by atoms with Crippen molar-refractivity contribution in [3.8, 4) is 0 Å². The van der Waals surface area contributed by atoms with Gasteiger partial charge in [-0.25, -0.2) is 21.8 Å². The number of aromatic nitrogens is 1. The van der Waals surface area contributed by atoms with Crippen molar-refractivity contribution in [1.29, 1.82) is 0 Å². The highest BCUT2D eigenvalue weighted by Gasteiger charge is 2.27. The second-order valence-corrected chi connectivity index (χ2v) is 11.6. The Kier molecular flexibility index (Phi) is 6.29. The molecule has 0 saturated carbocycles. The van der Waals surface area contributed by atoms with Crippen LogP contribution in [0.3, 0.4) is 0 Å². The summed E-state index contributed by atoms with van der Waals surface area (Å²) in [5.74, 6) is -0.438. The average Bonchev–Trinajstić information content (AvgIpc) is 3.49. The number of thiazole rings is 1. The van der Waals surface area contributed by atoms with Gasteiger partial charge in [0.1, 0.15) is 0 Å². The number of nitrogens with one attached hydrogen (secondary N) is 2. The number of amides is 1. The SMILES string of the molecule is O=C(Nc1ccc(S(=O)(=O)Nc2nccs2)cc1)c1ccc(S(=O)(=O)N2CCCC2)cc1. The van der Waals surface area contributed by atoms with E-state index in [1.807, 2.05) is 0 Å². The summed E-state index contributed by atoms with van der Waals surface area (Å²) in [6.45, 7) is 1.02. The summed E-state index contributed by atoms with van der Waals surface area (Å²) >= 11 is 1.16. The van der Waals surface area contributed by atoms with Gasteiger partial charge in [-0.3, -0.25) is 9.52 Å². The molecule has 168 valence electrons. The van der Waals surface area contributed by atoms with Crippen LogP contribution in [0.5, 0.6) is 0 Å². The Morgan fingerprint density at radius 3 is 2.12 bits per heavy atom. The van der Waals surface area contributed by atoms with Gasteiger partial charge in [0, 0.05) is 35.9 Å². The maximum atomic E-state index is 12.6. The lowest BCUT2D eigenvalue weighted by Crippen LogP contribution is -2.27. The zero-order valence-electron chi connectivity index (χ0n) is 16.8. The highest BCUT2D eigenvalue weighted by molar-refractivity contribution is 7.93. The molecule has 0 bridgehead atoms. The van der Waals surface area contributed by atoms with E-state index in [4.69, 9.17) is 0 Å². The molecule has 0 atom stereocenters. The smallest absolute Gasteiger partial charge is 0.263 e. The molecule has 0 aliphatic carbocycles. The van der Waals surface area contributed by atoms with Crippen LogP contribution in [0, 0.1) is 0 Å². The number of carbonyl (C=O) groups excluding carboxylic acids is 1. The molecular formula is C20H20N4O5S3. The second kappa shape index (κ2) is 8.98. The largest absolute Gasteiger partial charge is 0.322 e. The molecule has 1 aromatic heterocycles. The first-order valence-corrected chi connectivity index (χ1v) is 13.5. The Hall–Kier alpha value is -2.80. The molecule has 1 aliphatic heterocycles. The third-order valence-corrected chi connectivity index (χ3v) is 8.98. The van der Waals surface area contributed by atoms with Gasteiger partial charge in [0.05, 0.1) is 9.79 Å². The Balaban J connectivity index is 1.42. The Labute approximate surface area is 190 Å². The van der Waals surface area contributed by atoms with Gasteiger partial charge in [-0.15, -0.1) is 11.3 Å². The van der Waals surface area contributed by atoms with E-state index in [1.54, 1.807) is 5.38 Å². The number of sulfonamides is 2. The van der Waals surface area contributed by atoms with Gasteiger partial charge in [0.2, 0.25) is 10.0 Å². The minimum atomic E-state index is -3.78. The monoisotopic (exact) mass is 492 g/mol. The van der Waals surface area contributed by atoms with Crippen LogP contribution in [0.25, 0.3) is 0 Å². The second-order valence-electron chi connectivity index (χ2n) is 7.06. The Bertz CT molecular complexity index is 1300. The van der Waals surface area contributed by atoms with Gasteiger partial charge < -0.3 is 5.32 Å². The number of carbonyl (C=O) groups is 1. The fourth-order valence-corrected chi connectivity index (χ4v) is 6.53. The molecule has 1 amide bonds. The molecule has 3 aromatic rings. The van der Waals surface area contributed by atoms with Crippen LogP contribution in [0.4, 0.5) is 10.8 Å². The average molecular weight is 493 g/mol. The van der Waals surface area contributed by atoms with E-state index < -0.39 is 26.0 Å². The predicted octanol–water partition coefficient (Wildman–Crippen LogP) is 2.98. The van der Waals surface area contributed by atoms with E-state index in [9.17, 15) is 21.6 Å². The molecule has 12 heteroatoms. The molecule has 1 saturated heterocycles. The maximum absolute atomic E-state index is 12.6. The quantitative estimate of drug-likeness (QED) is 0.522. The molecule has 9 nitrogen and oxygen atoms in total. The summed E-state index contributed by atoms with van der Waals surface area (Å²) in [5, 5.41) is 4.59. The van der Waals surface area contributed by atoms with Crippen molar-refractivity contribution in [2.75, 3.05) is 23.1 Å². The van der Waals surface area contributed by atoms with Crippen LogP contribution in [-0.2, 0) is 20.0 Å². The highest BCUT2D eigenvalue weighted by atomic mass is 32.2. The summed E-state index contributed by atoms with van der Waals surface area (Å²) in [6, 6.07) is 11.4. The number of benzene rings is 2. The molecule has 0 unspecified atom stereocenters. The van der Waals surface area contributed by atoms with E-state index in [-0.39, 0.29) is 20.5 Å². The van der Waals surface area contributed by atoms with Crippen LogP contribution >= 0.6 is 11.3 Å². The van der Waals surface area contributed by atoms with Crippen molar-refractivity contribution >= 4 is 48.1 Å². The van der Waals surface area contributed by atoms with Gasteiger partial charge in [0.15, 0.2) is 5.13 Å². The lowest BCUT2D eigenvalue weighted by molar-refractivity contribution is 0.102. The summed E-state index contributed by atoms with van der Waals surface area (Å²) < 4.78 is 53.8. The van der Waals surface area contributed by atoms with Crippen LogP contribution < -0.4 is 10.0 Å². The van der Waals surface area contributed by atoms with Crippen LogP contribution in [0.2, 0.25) is 0 Å². The summed E-state index contributed by atoms with van der Waals surface area (Å²) in [4.78, 5) is 16.6. The third-order valence-electron chi connectivity index (χ3n) is 4.90. The summed E-state index contributed by atoms with van der Waals surface area (Å²) in [6.07, 6.45) is 3.19. The van der Waals surface area contributed by atoms with E-state index in [0.717, 1.165) is 24.2 Å². The normalized spacial score (nSPS) is 14.9. The van der Waals surface area contributed by atoms with E-state index >= 15 is 0 Å². The van der Waals surface area contributed by atoms with Crippen molar-refractivity contribution in [2.24, 2.45) is 0 Å². The molecule has 0 radical (unpaired) electrons. The maximum Gasteiger partial charge on any atom is 0.263 e. The van der Waals surface area contributed by atoms with Crippen LogP contribution in [-0.4, -0.2) is 45.1 Å². The summed E-state index contributed by atoms with van der Waals surface area (Å²) in [7, 11) is -7.32. The first-order valence-electron chi connectivity index (χ1n) is 9.70. The minimum absolute atomic E-state index is 0.0298. The van der Waals surface area contributed by atoms with Gasteiger partial charge >= 0.3 is 0 Å². The van der Waals surface area contributed by atoms with Crippen LogP contribution in [0.1, 0.15) is 23.2 Å². The predicted molar refractivity (Wildman–Crippen MR) is 122 cm³/mol. The fraction of sp³-hybridized carbons (Fsp3) is 0.200. The molecule has 1 fully saturated rings. The number of rotatable bonds is 7. The fourth-order valence-electron chi connectivity index (χ4n) is 3.22. The minimum Gasteiger partial charge on any atom is -0.322 e. The van der Waals surface area contributed by atoms with Crippen molar-refractivity contribution in [1.82, 2.24) is 9.29 Å². The number of hydrogen-bond acceptors (Lipinski definition) is 7. The molecule has 0 spiro atoms. The molecule has 2 aromatic carbocycles. The van der Waals surface area contributed by atoms with Gasteiger partial charge in [-0.2, -0.15) is 4.31 Å². The molecule has 4 rings (SSSR count). The molecule has 32 heavy (non-hydrogen) atoms.